The molecule has 2 atom stereocenters. The molecule has 1 aliphatic rings. The molecule has 0 aromatic heterocycles. The van der Waals surface area contributed by atoms with Gasteiger partial charge in [-0.25, -0.2) is 4.79 Å². The van der Waals surface area contributed by atoms with Gasteiger partial charge in [0.05, 0.1) is 6.42 Å². The highest BCUT2D eigenvalue weighted by atomic mass is 16.4. The van der Waals surface area contributed by atoms with E-state index >= 15 is 0 Å². The van der Waals surface area contributed by atoms with Gasteiger partial charge in [-0.05, 0) is 36.6 Å². The minimum atomic E-state index is -0.965. The van der Waals surface area contributed by atoms with Crippen LogP contribution in [0.4, 0.5) is 16.2 Å². The van der Waals surface area contributed by atoms with E-state index in [2.05, 4.69) is 17.6 Å². The van der Waals surface area contributed by atoms with E-state index in [1.807, 2.05) is 0 Å². The zero-order chi connectivity index (χ0) is 17.0. The highest BCUT2D eigenvalue weighted by Crippen LogP contribution is 2.38. The second-order valence-corrected chi connectivity index (χ2v) is 5.74. The number of urea groups is 1. The van der Waals surface area contributed by atoms with Crippen LogP contribution >= 0.6 is 0 Å². The number of carbonyl (C=O) groups is 3. The summed E-state index contributed by atoms with van der Waals surface area (Å²) in [7, 11) is 0. The van der Waals surface area contributed by atoms with Crippen LogP contribution in [0, 0.1) is 5.92 Å². The molecular formula is C16H21N3O4. The van der Waals surface area contributed by atoms with Crippen LogP contribution in [0.15, 0.2) is 24.3 Å². The lowest BCUT2D eigenvalue weighted by molar-refractivity contribution is -0.136. The number of carboxylic acid groups (broad SMARTS) is 1. The van der Waals surface area contributed by atoms with E-state index in [1.54, 1.807) is 36.1 Å². The summed E-state index contributed by atoms with van der Waals surface area (Å²) >= 11 is 0. The number of aliphatic carboxylic acids is 1. The normalized spacial score (nSPS) is 18.9. The second-order valence-electron chi connectivity index (χ2n) is 5.74. The molecule has 2 unspecified atom stereocenters. The summed E-state index contributed by atoms with van der Waals surface area (Å²) in [5.74, 6) is -0.448. The average molecular weight is 319 g/mol. The molecule has 7 nitrogen and oxygen atoms in total. The Morgan fingerprint density at radius 3 is 2.35 bits per heavy atom. The molecule has 7 heteroatoms. The molecule has 0 saturated heterocycles. The number of rotatable bonds is 6. The van der Waals surface area contributed by atoms with Crippen molar-refractivity contribution in [1.29, 1.82) is 0 Å². The number of benzene rings is 1. The first-order chi connectivity index (χ1) is 10.9. The summed E-state index contributed by atoms with van der Waals surface area (Å²) < 4.78 is 0. The first-order valence-corrected chi connectivity index (χ1v) is 7.55. The van der Waals surface area contributed by atoms with Gasteiger partial charge in [0.25, 0.3) is 0 Å². The topological polar surface area (TPSA) is 98.7 Å². The Morgan fingerprint density at radius 1 is 1.26 bits per heavy atom. The first-order valence-electron chi connectivity index (χ1n) is 7.55. The Bertz CT molecular complexity index is 600. The molecule has 1 aliphatic carbocycles. The van der Waals surface area contributed by atoms with Crippen molar-refractivity contribution in [1.82, 2.24) is 5.32 Å². The van der Waals surface area contributed by atoms with E-state index in [0.29, 0.717) is 11.6 Å². The molecule has 0 spiro atoms. The predicted molar refractivity (Wildman–Crippen MR) is 86.4 cm³/mol. The molecule has 1 fully saturated rings. The van der Waals surface area contributed by atoms with E-state index < -0.39 is 12.0 Å². The van der Waals surface area contributed by atoms with E-state index in [1.165, 1.54) is 0 Å². The molecule has 23 heavy (non-hydrogen) atoms. The van der Waals surface area contributed by atoms with Gasteiger partial charge in [0.15, 0.2) is 0 Å². The number of nitrogens with one attached hydrogen (secondary N) is 2. The summed E-state index contributed by atoms with van der Waals surface area (Å²) in [6.07, 6.45) is 0.880. The van der Waals surface area contributed by atoms with E-state index in [4.69, 9.17) is 5.11 Å². The number of carbonyl (C=O) groups excluding carboxylic acids is 2. The van der Waals surface area contributed by atoms with Crippen molar-refractivity contribution >= 4 is 29.3 Å². The van der Waals surface area contributed by atoms with Crippen LogP contribution in [0.2, 0.25) is 0 Å². The first kappa shape index (κ1) is 16.8. The minimum absolute atomic E-state index is 0.00599. The highest BCUT2D eigenvalue weighted by Gasteiger charge is 2.40. The van der Waals surface area contributed by atoms with Crippen LogP contribution in [-0.4, -0.2) is 35.6 Å². The number of anilines is 2. The van der Waals surface area contributed by atoms with Gasteiger partial charge in [0.1, 0.15) is 0 Å². The number of nitrogens with zero attached hydrogens (tertiary/aromatic N) is 1. The van der Waals surface area contributed by atoms with Gasteiger partial charge >= 0.3 is 12.0 Å². The maximum Gasteiger partial charge on any atom is 0.319 e. The molecule has 124 valence electrons. The lowest BCUT2D eigenvalue weighted by Crippen LogP contribution is -2.32. The highest BCUT2D eigenvalue weighted by molar-refractivity contribution is 5.94. The largest absolute Gasteiger partial charge is 0.481 e. The van der Waals surface area contributed by atoms with Crippen LogP contribution in [-0.2, 0) is 9.59 Å². The number of carboxylic acids is 1. The molecule has 0 bridgehead atoms. The van der Waals surface area contributed by atoms with E-state index in [-0.39, 0.29) is 24.9 Å². The fourth-order valence-electron chi connectivity index (χ4n) is 2.43. The molecule has 3 N–H and O–H groups in total. The van der Waals surface area contributed by atoms with Gasteiger partial charge in [-0.1, -0.05) is 6.92 Å². The van der Waals surface area contributed by atoms with Gasteiger partial charge in [-0.3, -0.25) is 9.59 Å². The Kier molecular flexibility index (Phi) is 5.20. The molecule has 1 aromatic carbocycles. The molecule has 0 radical (unpaired) electrons. The third kappa shape index (κ3) is 4.70. The fraction of sp³-hybridized carbons (Fsp3) is 0.438. The van der Waals surface area contributed by atoms with Crippen molar-refractivity contribution in [3.63, 3.8) is 0 Å². The Morgan fingerprint density at radius 2 is 1.87 bits per heavy atom. The predicted octanol–water partition coefficient (Wildman–Crippen LogP) is 2.04. The van der Waals surface area contributed by atoms with E-state index in [9.17, 15) is 14.4 Å². The maximum atomic E-state index is 11.8. The minimum Gasteiger partial charge on any atom is -0.481 e. The van der Waals surface area contributed by atoms with Crippen LogP contribution in [0.1, 0.15) is 26.7 Å². The SMILES string of the molecule is CC(=O)N(c1ccc(NC(=O)NCCC(=O)O)cc1)C1CC1C. The summed E-state index contributed by atoms with van der Waals surface area (Å²) in [6, 6.07) is 6.81. The van der Waals surface area contributed by atoms with Crippen LogP contribution in [0.5, 0.6) is 0 Å². The summed E-state index contributed by atoms with van der Waals surface area (Å²) in [5, 5.41) is 13.6. The quantitative estimate of drug-likeness (QED) is 0.747. The monoisotopic (exact) mass is 319 g/mol. The smallest absolute Gasteiger partial charge is 0.319 e. The summed E-state index contributed by atoms with van der Waals surface area (Å²) in [5.41, 5.74) is 1.39. The molecule has 1 aromatic rings. The average Bonchev–Trinajstić information content (AvgIpc) is 3.16. The third-order valence-corrected chi connectivity index (χ3v) is 3.77. The van der Waals surface area contributed by atoms with Gasteiger partial charge in [-0.2, -0.15) is 0 Å². The van der Waals surface area contributed by atoms with Crippen molar-refractivity contribution in [3.05, 3.63) is 24.3 Å². The lowest BCUT2D eigenvalue weighted by Gasteiger charge is -2.21. The zero-order valence-corrected chi connectivity index (χ0v) is 13.2. The van der Waals surface area contributed by atoms with Gasteiger partial charge in [-0.15, -0.1) is 0 Å². The number of amides is 3. The van der Waals surface area contributed by atoms with Crippen molar-refractivity contribution in [2.24, 2.45) is 5.92 Å². The molecule has 2 rings (SSSR count). The molecular weight excluding hydrogens is 298 g/mol. The van der Waals surface area contributed by atoms with Gasteiger partial charge in [0.2, 0.25) is 5.91 Å². The summed E-state index contributed by atoms with van der Waals surface area (Å²) in [6.45, 7) is 3.72. The molecule has 0 heterocycles. The lowest BCUT2D eigenvalue weighted by atomic mass is 10.2. The van der Waals surface area contributed by atoms with Crippen LogP contribution in [0.25, 0.3) is 0 Å². The molecule has 0 aliphatic heterocycles. The number of hydrogen-bond donors (Lipinski definition) is 3. The Labute approximate surface area is 134 Å². The molecule has 1 saturated carbocycles. The standard InChI is InChI=1S/C16H21N3O4/c1-10-9-14(10)19(11(2)20)13-5-3-12(4-6-13)18-16(23)17-8-7-15(21)22/h3-6,10,14H,7-9H2,1-2H3,(H,21,22)(H2,17,18,23). The third-order valence-electron chi connectivity index (χ3n) is 3.77. The second kappa shape index (κ2) is 7.13. The Balaban J connectivity index is 1.92. The zero-order valence-electron chi connectivity index (χ0n) is 13.2. The van der Waals surface area contributed by atoms with Crippen molar-refractivity contribution in [2.45, 2.75) is 32.7 Å². The maximum absolute atomic E-state index is 11.8. The number of hydrogen-bond acceptors (Lipinski definition) is 3. The van der Waals surface area contributed by atoms with Gasteiger partial charge < -0.3 is 20.6 Å². The molecule has 3 amide bonds. The van der Waals surface area contributed by atoms with Crippen molar-refractivity contribution in [2.75, 3.05) is 16.8 Å². The Hall–Kier alpha value is -2.57. The van der Waals surface area contributed by atoms with Crippen molar-refractivity contribution in [3.8, 4) is 0 Å². The van der Waals surface area contributed by atoms with Crippen LogP contribution in [0.3, 0.4) is 0 Å². The van der Waals surface area contributed by atoms with Crippen molar-refractivity contribution < 1.29 is 19.5 Å². The fourth-order valence-corrected chi connectivity index (χ4v) is 2.43. The van der Waals surface area contributed by atoms with E-state index in [0.717, 1.165) is 12.1 Å². The summed E-state index contributed by atoms with van der Waals surface area (Å²) in [4.78, 5) is 35.6. The van der Waals surface area contributed by atoms with Crippen LogP contribution < -0.4 is 15.5 Å². The van der Waals surface area contributed by atoms with Gasteiger partial charge in [0, 0.05) is 30.9 Å².